The Balaban J connectivity index is 2.00. The number of nitrogens with one attached hydrogen (secondary N) is 2. The fourth-order valence-corrected chi connectivity index (χ4v) is 2.60. The molecule has 0 saturated carbocycles. The van der Waals surface area contributed by atoms with E-state index in [4.69, 9.17) is 0 Å². The molecule has 126 valence electrons. The molecule has 5 nitrogen and oxygen atoms in total. The summed E-state index contributed by atoms with van der Waals surface area (Å²) >= 11 is 0. The van der Waals surface area contributed by atoms with Crippen LogP contribution in [0.15, 0.2) is 18.2 Å². The minimum atomic E-state index is -0.671. The molecule has 1 atom stereocenters. The molecule has 1 aliphatic rings. The summed E-state index contributed by atoms with van der Waals surface area (Å²) in [6.45, 7) is 4.78. The van der Waals surface area contributed by atoms with Crippen LogP contribution < -0.4 is 10.6 Å². The lowest BCUT2D eigenvalue weighted by atomic mass is 10.1. The van der Waals surface area contributed by atoms with Gasteiger partial charge in [-0.3, -0.25) is 9.59 Å². The second-order valence-electron chi connectivity index (χ2n) is 5.97. The van der Waals surface area contributed by atoms with Crippen LogP contribution in [0, 0.1) is 11.6 Å². The highest BCUT2D eigenvalue weighted by atomic mass is 19.1. The molecule has 1 heterocycles. The van der Waals surface area contributed by atoms with Gasteiger partial charge in [-0.1, -0.05) is 0 Å². The molecule has 0 aromatic heterocycles. The van der Waals surface area contributed by atoms with Crippen molar-refractivity contribution in [1.82, 2.24) is 15.5 Å². The first-order valence-electron chi connectivity index (χ1n) is 7.61. The Kier molecular flexibility index (Phi) is 5.65. The van der Waals surface area contributed by atoms with Crippen molar-refractivity contribution in [2.24, 2.45) is 0 Å². The van der Waals surface area contributed by atoms with Crippen molar-refractivity contribution in [3.05, 3.63) is 35.4 Å². The number of nitrogens with zero attached hydrogens (tertiary/aromatic N) is 1. The Morgan fingerprint density at radius 3 is 2.61 bits per heavy atom. The van der Waals surface area contributed by atoms with E-state index in [0.29, 0.717) is 18.7 Å². The molecule has 1 aromatic rings. The van der Waals surface area contributed by atoms with Gasteiger partial charge in [0.15, 0.2) is 0 Å². The van der Waals surface area contributed by atoms with Gasteiger partial charge in [0.25, 0.3) is 0 Å². The van der Waals surface area contributed by atoms with Gasteiger partial charge in [-0.05, 0) is 31.5 Å². The zero-order chi connectivity index (χ0) is 17.0. The van der Waals surface area contributed by atoms with Crippen LogP contribution in [0.25, 0.3) is 0 Å². The number of hydrogen-bond donors (Lipinski definition) is 2. The number of carbonyl (C=O) groups excluding carboxylic acids is 2. The van der Waals surface area contributed by atoms with E-state index in [9.17, 15) is 18.4 Å². The molecule has 1 aromatic carbocycles. The van der Waals surface area contributed by atoms with E-state index in [2.05, 4.69) is 10.6 Å². The first-order valence-corrected chi connectivity index (χ1v) is 7.61. The van der Waals surface area contributed by atoms with Crippen molar-refractivity contribution >= 4 is 11.8 Å². The van der Waals surface area contributed by atoms with Crippen LogP contribution in [0.5, 0.6) is 0 Å². The largest absolute Gasteiger partial charge is 0.354 e. The molecule has 0 aliphatic carbocycles. The molecule has 1 aliphatic heterocycles. The predicted molar refractivity (Wildman–Crippen MR) is 81.5 cm³/mol. The van der Waals surface area contributed by atoms with Crippen LogP contribution in [0.3, 0.4) is 0 Å². The smallest absolute Gasteiger partial charge is 0.240 e. The SMILES string of the molecule is CC(C)NC(=O)CC1NCCN(Cc2cc(F)cc(F)c2)C1=O. The van der Waals surface area contributed by atoms with Gasteiger partial charge in [0.1, 0.15) is 11.6 Å². The number of halogens is 2. The Hall–Kier alpha value is -2.02. The van der Waals surface area contributed by atoms with Gasteiger partial charge in [0.2, 0.25) is 11.8 Å². The van der Waals surface area contributed by atoms with Gasteiger partial charge in [0, 0.05) is 31.7 Å². The number of benzene rings is 1. The van der Waals surface area contributed by atoms with Gasteiger partial charge >= 0.3 is 0 Å². The van der Waals surface area contributed by atoms with Crippen LogP contribution in [-0.2, 0) is 16.1 Å². The maximum Gasteiger partial charge on any atom is 0.240 e. The monoisotopic (exact) mass is 325 g/mol. The molecule has 23 heavy (non-hydrogen) atoms. The number of carbonyl (C=O) groups is 2. The van der Waals surface area contributed by atoms with E-state index in [1.54, 1.807) is 0 Å². The molecule has 2 N–H and O–H groups in total. The van der Waals surface area contributed by atoms with Gasteiger partial charge in [0.05, 0.1) is 12.5 Å². The van der Waals surface area contributed by atoms with Gasteiger partial charge in [-0.25, -0.2) is 8.78 Å². The third kappa shape index (κ3) is 4.99. The van der Waals surface area contributed by atoms with E-state index >= 15 is 0 Å². The number of amides is 2. The molecule has 2 amide bonds. The predicted octanol–water partition coefficient (Wildman–Crippen LogP) is 1.18. The highest BCUT2D eigenvalue weighted by Gasteiger charge is 2.30. The summed E-state index contributed by atoms with van der Waals surface area (Å²) in [5.41, 5.74) is 0.392. The van der Waals surface area contributed by atoms with Gasteiger partial charge < -0.3 is 15.5 Å². The van der Waals surface area contributed by atoms with Gasteiger partial charge in [-0.15, -0.1) is 0 Å². The molecule has 1 unspecified atom stereocenters. The van der Waals surface area contributed by atoms with Crippen LogP contribution >= 0.6 is 0 Å². The molecule has 0 spiro atoms. The molecule has 7 heteroatoms. The lowest BCUT2D eigenvalue weighted by Gasteiger charge is -2.33. The summed E-state index contributed by atoms with van der Waals surface area (Å²) in [4.78, 5) is 25.7. The molecule has 0 radical (unpaired) electrons. The summed E-state index contributed by atoms with van der Waals surface area (Å²) in [6, 6.07) is 2.60. The molecule has 1 saturated heterocycles. The highest BCUT2D eigenvalue weighted by molar-refractivity contribution is 5.89. The summed E-state index contributed by atoms with van der Waals surface area (Å²) in [6.07, 6.45) is 0.0467. The van der Waals surface area contributed by atoms with Crippen LogP contribution in [0.2, 0.25) is 0 Å². The quantitative estimate of drug-likeness (QED) is 0.855. The molecule has 0 bridgehead atoms. The fourth-order valence-electron chi connectivity index (χ4n) is 2.60. The van der Waals surface area contributed by atoms with E-state index in [1.807, 2.05) is 13.8 Å². The molecule has 2 rings (SSSR count). The van der Waals surface area contributed by atoms with Gasteiger partial charge in [-0.2, -0.15) is 0 Å². The molecular weight excluding hydrogens is 304 g/mol. The summed E-state index contributed by atoms with van der Waals surface area (Å²) in [5, 5.41) is 5.75. The zero-order valence-electron chi connectivity index (χ0n) is 13.2. The molecular formula is C16H21F2N3O2. The number of piperazine rings is 1. The average molecular weight is 325 g/mol. The molecule has 1 fully saturated rings. The minimum Gasteiger partial charge on any atom is -0.354 e. The Bertz CT molecular complexity index is 572. The third-order valence-corrected chi connectivity index (χ3v) is 3.52. The minimum absolute atomic E-state index is 0.00700. The lowest BCUT2D eigenvalue weighted by molar-refractivity contribution is -0.138. The Labute approximate surface area is 134 Å². The van der Waals surface area contributed by atoms with Crippen molar-refractivity contribution in [2.75, 3.05) is 13.1 Å². The standard InChI is InChI=1S/C16H21F2N3O2/c1-10(2)20-15(22)8-14-16(23)21(4-3-19-14)9-11-5-12(17)7-13(18)6-11/h5-7,10,14,19H,3-4,8-9H2,1-2H3,(H,20,22). The average Bonchev–Trinajstić information content (AvgIpc) is 2.41. The first-order chi connectivity index (χ1) is 10.8. The highest BCUT2D eigenvalue weighted by Crippen LogP contribution is 2.14. The number of rotatable bonds is 5. The fraction of sp³-hybridized carbons (Fsp3) is 0.500. The van der Waals surface area contributed by atoms with Crippen LogP contribution in [0.4, 0.5) is 8.78 Å². The maximum absolute atomic E-state index is 13.2. The van der Waals surface area contributed by atoms with Crippen molar-refractivity contribution in [3.63, 3.8) is 0 Å². The van der Waals surface area contributed by atoms with E-state index in [-0.39, 0.29) is 30.8 Å². The van der Waals surface area contributed by atoms with Crippen molar-refractivity contribution in [2.45, 2.75) is 38.9 Å². The van der Waals surface area contributed by atoms with Crippen molar-refractivity contribution < 1.29 is 18.4 Å². The van der Waals surface area contributed by atoms with Crippen molar-refractivity contribution in [1.29, 1.82) is 0 Å². The summed E-state index contributed by atoms with van der Waals surface area (Å²) in [7, 11) is 0. The zero-order valence-corrected chi connectivity index (χ0v) is 13.2. The third-order valence-electron chi connectivity index (χ3n) is 3.52. The normalized spacial score (nSPS) is 18.4. The summed E-state index contributed by atoms with van der Waals surface area (Å²) in [5.74, 6) is -1.78. The van der Waals surface area contributed by atoms with E-state index in [0.717, 1.165) is 6.07 Å². The Morgan fingerprint density at radius 1 is 1.35 bits per heavy atom. The van der Waals surface area contributed by atoms with Crippen molar-refractivity contribution in [3.8, 4) is 0 Å². The Morgan fingerprint density at radius 2 is 2.00 bits per heavy atom. The lowest BCUT2D eigenvalue weighted by Crippen LogP contribution is -2.56. The van der Waals surface area contributed by atoms with E-state index < -0.39 is 17.7 Å². The first kappa shape index (κ1) is 17.3. The number of hydrogen-bond acceptors (Lipinski definition) is 3. The maximum atomic E-state index is 13.2. The topological polar surface area (TPSA) is 61.4 Å². The second-order valence-corrected chi connectivity index (χ2v) is 5.97. The summed E-state index contributed by atoms with van der Waals surface area (Å²) < 4.78 is 26.5. The second kappa shape index (κ2) is 7.50. The van der Waals surface area contributed by atoms with Crippen LogP contribution in [-0.4, -0.2) is 41.9 Å². The van der Waals surface area contributed by atoms with Crippen LogP contribution in [0.1, 0.15) is 25.8 Å². The van der Waals surface area contributed by atoms with E-state index in [1.165, 1.54) is 17.0 Å².